The molecular formula is C25H23ClN4O4. The summed E-state index contributed by atoms with van der Waals surface area (Å²) in [5.41, 5.74) is 0.916. The standard InChI is InChI=1S/C25H23ClN4O4/c1-2-33-25(32)18-16-27-30(22-14-13-17-8-3-5-10-20(17)28-22)24(18)29-23(31)12-7-15-34-21-11-6-4-9-19(21)26/h3-6,8-11,13-14,16H,2,7,12,15H2,1H3,(H,29,31). The summed E-state index contributed by atoms with van der Waals surface area (Å²) in [7, 11) is 0. The number of nitrogens with one attached hydrogen (secondary N) is 1. The zero-order valence-electron chi connectivity index (χ0n) is 18.5. The number of aromatic nitrogens is 3. The molecule has 9 heteroatoms. The molecule has 174 valence electrons. The van der Waals surface area contributed by atoms with E-state index in [1.54, 1.807) is 25.1 Å². The molecule has 0 fully saturated rings. The summed E-state index contributed by atoms with van der Waals surface area (Å²) in [6.45, 7) is 2.23. The van der Waals surface area contributed by atoms with Crippen molar-refractivity contribution in [3.05, 3.63) is 77.4 Å². The summed E-state index contributed by atoms with van der Waals surface area (Å²) in [5.74, 6) is 0.363. The van der Waals surface area contributed by atoms with Crippen LogP contribution in [-0.2, 0) is 9.53 Å². The Morgan fingerprint density at radius 3 is 2.68 bits per heavy atom. The number of amides is 1. The van der Waals surface area contributed by atoms with E-state index >= 15 is 0 Å². The molecule has 4 aromatic rings. The van der Waals surface area contributed by atoms with Gasteiger partial charge in [0.25, 0.3) is 0 Å². The minimum Gasteiger partial charge on any atom is -0.492 e. The first-order valence-corrected chi connectivity index (χ1v) is 11.2. The molecule has 0 saturated heterocycles. The molecule has 0 aliphatic carbocycles. The van der Waals surface area contributed by atoms with Crippen LogP contribution >= 0.6 is 11.6 Å². The van der Waals surface area contributed by atoms with E-state index in [2.05, 4.69) is 15.4 Å². The Balaban J connectivity index is 1.50. The van der Waals surface area contributed by atoms with Crippen LogP contribution in [0.1, 0.15) is 30.1 Å². The SMILES string of the molecule is CCOC(=O)c1cnn(-c2ccc3ccccc3n2)c1NC(=O)CCCOc1ccccc1Cl. The number of ether oxygens (including phenoxy) is 2. The Kier molecular flexibility index (Phi) is 7.39. The van der Waals surface area contributed by atoms with Crippen molar-refractivity contribution in [1.82, 2.24) is 14.8 Å². The highest BCUT2D eigenvalue weighted by Gasteiger charge is 2.22. The number of halogens is 1. The van der Waals surface area contributed by atoms with Crippen molar-refractivity contribution >= 4 is 40.2 Å². The van der Waals surface area contributed by atoms with E-state index in [-0.39, 0.29) is 30.3 Å². The van der Waals surface area contributed by atoms with E-state index in [0.717, 1.165) is 10.9 Å². The van der Waals surface area contributed by atoms with Gasteiger partial charge in [-0.15, -0.1) is 0 Å². The quantitative estimate of drug-likeness (QED) is 0.267. The first kappa shape index (κ1) is 23.3. The van der Waals surface area contributed by atoms with Crippen LogP contribution in [0.25, 0.3) is 16.7 Å². The van der Waals surface area contributed by atoms with Crippen LogP contribution in [0.15, 0.2) is 66.9 Å². The fraction of sp³-hybridized carbons (Fsp3) is 0.200. The molecule has 4 rings (SSSR count). The van der Waals surface area contributed by atoms with E-state index in [1.165, 1.54) is 10.9 Å². The Labute approximate surface area is 201 Å². The van der Waals surface area contributed by atoms with Gasteiger partial charge in [-0.2, -0.15) is 9.78 Å². The van der Waals surface area contributed by atoms with Crippen LogP contribution in [0, 0.1) is 0 Å². The zero-order valence-corrected chi connectivity index (χ0v) is 19.3. The van der Waals surface area contributed by atoms with Crippen molar-refractivity contribution in [3.8, 4) is 11.6 Å². The average Bonchev–Trinajstić information content (AvgIpc) is 3.26. The van der Waals surface area contributed by atoms with Gasteiger partial charge in [-0.3, -0.25) is 4.79 Å². The first-order chi connectivity index (χ1) is 16.6. The van der Waals surface area contributed by atoms with Gasteiger partial charge >= 0.3 is 5.97 Å². The fourth-order valence-electron chi connectivity index (χ4n) is 3.35. The van der Waals surface area contributed by atoms with Gasteiger partial charge in [0.2, 0.25) is 5.91 Å². The second-order valence-corrected chi connectivity index (χ2v) is 7.74. The number of pyridine rings is 1. The molecular weight excluding hydrogens is 456 g/mol. The molecule has 0 bridgehead atoms. The lowest BCUT2D eigenvalue weighted by atomic mass is 10.2. The van der Waals surface area contributed by atoms with Gasteiger partial charge in [-0.05, 0) is 43.7 Å². The van der Waals surface area contributed by atoms with Crippen molar-refractivity contribution in [3.63, 3.8) is 0 Å². The number of benzene rings is 2. The Bertz CT molecular complexity index is 1320. The minimum absolute atomic E-state index is 0.150. The summed E-state index contributed by atoms with van der Waals surface area (Å²) in [5, 5.41) is 8.57. The lowest BCUT2D eigenvalue weighted by molar-refractivity contribution is -0.116. The number of esters is 1. The van der Waals surface area contributed by atoms with Gasteiger partial charge in [0.1, 0.15) is 11.3 Å². The molecule has 8 nitrogen and oxygen atoms in total. The smallest absolute Gasteiger partial charge is 0.343 e. The molecule has 2 aromatic carbocycles. The normalized spacial score (nSPS) is 10.8. The van der Waals surface area contributed by atoms with Crippen molar-refractivity contribution in [1.29, 1.82) is 0 Å². The second-order valence-electron chi connectivity index (χ2n) is 7.33. The number of fused-ring (bicyclic) bond motifs is 1. The van der Waals surface area contributed by atoms with Gasteiger partial charge in [-0.25, -0.2) is 9.78 Å². The molecule has 0 unspecified atom stereocenters. The first-order valence-electron chi connectivity index (χ1n) is 10.9. The van der Waals surface area contributed by atoms with E-state index in [4.69, 9.17) is 21.1 Å². The molecule has 0 spiro atoms. The highest BCUT2D eigenvalue weighted by atomic mass is 35.5. The topological polar surface area (TPSA) is 95.3 Å². The van der Waals surface area contributed by atoms with Gasteiger partial charge in [0, 0.05) is 11.8 Å². The third kappa shape index (κ3) is 5.35. The van der Waals surface area contributed by atoms with Gasteiger partial charge in [-0.1, -0.05) is 41.9 Å². The number of carbonyl (C=O) groups is 2. The van der Waals surface area contributed by atoms with E-state index in [1.807, 2.05) is 42.5 Å². The number of rotatable bonds is 9. The maximum atomic E-state index is 12.7. The summed E-state index contributed by atoms with van der Waals surface area (Å²) in [6, 6.07) is 18.5. The molecule has 0 aliphatic heterocycles. The number of para-hydroxylation sites is 2. The third-order valence-electron chi connectivity index (χ3n) is 4.97. The summed E-state index contributed by atoms with van der Waals surface area (Å²) in [4.78, 5) is 29.8. The average molecular weight is 479 g/mol. The summed E-state index contributed by atoms with van der Waals surface area (Å²) >= 11 is 6.08. The van der Waals surface area contributed by atoms with Crippen molar-refractivity contribution in [2.24, 2.45) is 0 Å². The predicted molar refractivity (Wildman–Crippen MR) is 130 cm³/mol. The van der Waals surface area contributed by atoms with Gasteiger partial charge < -0.3 is 14.8 Å². The Hall–Kier alpha value is -3.91. The Morgan fingerprint density at radius 1 is 1.06 bits per heavy atom. The maximum absolute atomic E-state index is 12.7. The van der Waals surface area contributed by atoms with Crippen LogP contribution in [0.2, 0.25) is 5.02 Å². The lowest BCUT2D eigenvalue weighted by Crippen LogP contribution is -2.18. The highest BCUT2D eigenvalue weighted by Crippen LogP contribution is 2.24. The molecule has 34 heavy (non-hydrogen) atoms. The number of carbonyl (C=O) groups excluding carboxylic acids is 2. The van der Waals surface area contributed by atoms with Crippen LogP contribution < -0.4 is 10.1 Å². The second kappa shape index (κ2) is 10.8. The molecule has 0 aliphatic rings. The third-order valence-corrected chi connectivity index (χ3v) is 5.28. The zero-order chi connectivity index (χ0) is 23.9. The number of nitrogens with zero attached hydrogens (tertiary/aromatic N) is 3. The highest BCUT2D eigenvalue weighted by molar-refractivity contribution is 6.32. The number of anilines is 1. The number of hydrogen-bond acceptors (Lipinski definition) is 6. The van der Waals surface area contributed by atoms with E-state index < -0.39 is 5.97 Å². The summed E-state index contributed by atoms with van der Waals surface area (Å²) in [6.07, 6.45) is 1.99. The van der Waals surface area contributed by atoms with Gasteiger partial charge in [0.15, 0.2) is 11.6 Å². The molecule has 0 radical (unpaired) electrons. The minimum atomic E-state index is -0.577. The maximum Gasteiger partial charge on any atom is 0.343 e. The van der Waals surface area contributed by atoms with Crippen molar-refractivity contribution in [2.45, 2.75) is 19.8 Å². The van der Waals surface area contributed by atoms with E-state index in [9.17, 15) is 9.59 Å². The monoisotopic (exact) mass is 478 g/mol. The molecule has 2 aromatic heterocycles. The molecule has 2 heterocycles. The van der Waals surface area contributed by atoms with Crippen molar-refractivity contribution < 1.29 is 19.1 Å². The fourth-order valence-corrected chi connectivity index (χ4v) is 3.54. The molecule has 1 amide bonds. The molecule has 0 saturated carbocycles. The van der Waals surface area contributed by atoms with Gasteiger partial charge in [0.05, 0.1) is 29.9 Å². The van der Waals surface area contributed by atoms with Crippen molar-refractivity contribution in [2.75, 3.05) is 18.5 Å². The molecule has 0 atom stereocenters. The Morgan fingerprint density at radius 2 is 1.85 bits per heavy atom. The predicted octanol–water partition coefficient (Wildman–Crippen LogP) is 5.05. The van der Waals surface area contributed by atoms with Crippen LogP contribution in [0.3, 0.4) is 0 Å². The van der Waals surface area contributed by atoms with Crippen LogP contribution in [0.5, 0.6) is 5.75 Å². The van der Waals surface area contributed by atoms with Crippen LogP contribution in [-0.4, -0.2) is 39.9 Å². The summed E-state index contributed by atoms with van der Waals surface area (Å²) < 4.78 is 12.2. The van der Waals surface area contributed by atoms with Crippen LogP contribution in [0.4, 0.5) is 5.82 Å². The lowest BCUT2D eigenvalue weighted by Gasteiger charge is -2.12. The van der Waals surface area contributed by atoms with E-state index in [0.29, 0.717) is 29.6 Å². The largest absolute Gasteiger partial charge is 0.492 e. The number of hydrogen-bond donors (Lipinski definition) is 1. The molecule has 1 N–H and O–H groups in total.